The van der Waals surface area contributed by atoms with E-state index in [1.165, 1.54) is 12.3 Å². The van der Waals surface area contributed by atoms with E-state index in [0.717, 1.165) is 9.15 Å². The van der Waals surface area contributed by atoms with Crippen LogP contribution in [0.1, 0.15) is 16.1 Å². The van der Waals surface area contributed by atoms with Gasteiger partial charge in [0.25, 0.3) is 5.56 Å². The van der Waals surface area contributed by atoms with Crippen LogP contribution in [0.25, 0.3) is 5.82 Å². The van der Waals surface area contributed by atoms with Crippen molar-refractivity contribution in [1.82, 2.24) is 14.8 Å². The van der Waals surface area contributed by atoms with E-state index in [2.05, 4.69) is 26.0 Å². The Kier molecular flexibility index (Phi) is 3.24. The fraction of sp³-hybridized carbons (Fsp3) is 0.0909. The lowest BCUT2D eigenvalue weighted by Gasteiger charge is -2.05. The maximum Gasteiger partial charge on any atom is 0.341 e. The highest BCUT2D eigenvalue weighted by atomic mass is 79.9. The molecule has 2 aromatic rings. The second kappa shape index (κ2) is 4.69. The Morgan fingerprint density at radius 3 is 2.72 bits per heavy atom. The molecule has 0 fully saturated rings. The smallest absolute Gasteiger partial charge is 0.341 e. The van der Waals surface area contributed by atoms with Crippen LogP contribution in [0.3, 0.4) is 0 Å². The van der Waals surface area contributed by atoms with Crippen LogP contribution in [-0.2, 0) is 0 Å². The van der Waals surface area contributed by atoms with Crippen LogP contribution in [-0.4, -0.2) is 25.8 Å². The summed E-state index contributed by atoms with van der Waals surface area (Å²) in [5.41, 5.74) is -0.605. The van der Waals surface area contributed by atoms with Gasteiger partial charge in [0, 0.05) is 10.7 Å². The zero-order valence-electron chi connectivity index (χ0n) is 9.29. The van der Waals surface area contributed by atoms with Crippen molar-refractivity contribution < 1.29 is 9.90 Å². The summed E-state index contributed by atoms with van der Waals surface area (Å²) < 4.78 is 1.73. The predicted octanol–water partition coefficient (Wildman–Crippen LogP) is 1.40. The second-order valence-electron chi connectivity index (χ2n) is 3.56. The number of nitrogens with zero attached hydrogens (tertiary/aromatic N) is 3. The van der Waals surface area contributed by atoms with Gasteiger partial charge >= 0.3 is 5.97 Å². The molecule has 0 radical (unpaired) electrons. The van der Waals surface area contributed by atoms with Crippen LogP contribution in [0.4, 0.5) is 0 Å². The molecule has 0 aliphatic heterocycles. The highest BCUT2D eigenvalue weighted by Crippen LogP contribution is 2.09. The number of carboxylic acid groups (broad SMARTS) is 1. The first-order chi connectivity index (χ1) is 8.49. The summed E-state index contributed by atoms with van der Waals surface area (Å²) in [6.07, 6.45) is 1.51. The first-order valence-electron chi connectivity index (χ1n) is 4.95. The van der Waals surface area contributed by atoms with Crippen LogP contribution in [0, 0.1) is 6.92 Å². The van der Waals surface area contributed by atoms with E-state index in [-0.39, 0.29) is 11.4 Å². The van der Waals surface area contributed by atoms with Crippen molar-refractivity contribution in [2.24, 2.45) is 0 Å². The average molecular weight is 310 g/mol. The maximum absolute atomic E-state index is 11.9. The Morgan fingerprint density at radius 2 is 2.17 bits per heavy atom. The zero-order valence-corrected chi connectivity index (χ0v) is 10.9. The molecular formula is C11H8BrN3O3. The molecule has 0 bridgehead atoms. The number of aromatic carboxylic acids is 1. The maximum atomic E-state index is 11.9. The summed E-state index contributed by atoms with van der Waals surface area (Å²) in [5, 5.41) is 12.9. The van der Waals surface area contributed by atoms with Gasteiger partial charge in [-0.05, 0) is 41.1 Å². The summed E-state index contributed by atoms with van der Waals surface area (Å²) in [6, 6.07) is 4.50. The Balaban J connectivity index is 2.68. The van der Waals surface area contributed by atoms with Crippen LogP contribution in [0.5, 0.6) is 0 Å². The van der Waals surface area contributed by atoms with Crippen molar-refractivity contribution >= 4 is 21.9 Å². The van der Waals surface area contributed by atoms with Gasteiger partial charge in [-0.15, -0.1) is 0 Å². The van der Waals surface area contributed by atoms with Crippen molar-refractivity contribution in [2.75, 3.05) is 0 Å². The second-order valence-corrected chi connectivity index (χ2v) is 4.47. The Morgan fingerprint density at radius 1 is 1.44 bits per heavy atom. The summed E-state index contributed by atoms with van der Waals surface area (Å²) in [7, 11) is 0. The Hall–Kier alpha value is -2.02. The lowest BCUT2D eigenvalue weighted by Crippen LogP contribution is -2.28. The van der Waals surface area contributed by atoms with Gasteiger partial charge in [-0.25, -0.2) is 9.78 Å². The van der Waals surface area contributed by atoms with Gasteiger partial charge < -0.3 is 5.11 Å². The quantitative estimate of drug-likeness (QED) is 0.906. The molecule has 1 N–H and O–H groups in total. The van der Waals surface area contributed by atoms with Crippen molar-refractivity contribution in [3.8, 4) is 5.82 Å². The Bertz CT molecular complexity index is 664. The first-order valence-corrected chi connectivity index (χ1v) is 5.74. The molecule has 0 atom stereocenters. The molecular weight excluding hydrogens is 302 g/mol. The molecule has 6 nitrogen and oxygen atoms in total. The third-order valence-corrected chi connectivity index (χ3v) is 2.66. The molecule has 2 rings (SSSR count). The molecule has 0 aliphatic rings. The van der Waals surface area contributed by atoms with Crippen molar-refractivity contribution in [3.05, 3.63) is 50.5 Å². The lowest BCUT2D eigenvalue weighted by molar-refractivity contribution is 0.0694. The highest BCUT2D eigenvalue weighted by molar-refractivity contribution is 9.10. The van der Waals surface area contributed by atoms with Gasteiger partial charge in [0.2, 0.25) is 0 Å². The number of aryl methyl sites for hydroxylation is 1. The molecule has 7 heteroatoms. The molecule has 0 unspecified atom stereocenters. The van der Waals surface area contributed by atoms with Crippen LogP contribution in [0.15, 0.2) is 33.7 Å². The summed E-state index contributed by atoms with van der Waals surface area (Å²) >= 11 is 3.22. The SMILES string of the molecule is Cc1cc(C(=O)O)c(=O)n(-c2ccc(Br)cn2)n1. The molecule has 18 heavy (non-hydrogen) atoms. The first kappa shape index (κ1) is 12.4. The summed E-state index contributed by atoms with van der Waals surface area (Å²) in [6.45, 7) is 1.61. The van der Waals surface area contributed by atoms with Gasteiger partial charge in [0.1, 0.15) is 5.56 Å². The lowest BCUT2D eigenvalue weighted by atomic mass is 10.2. The van der Waals surface area contributed by atoms with Crippen LogP contribution in [0.2, 0.25) is 0 Å². The van der Waals surface area contributed by atoms with Gasteiger partial charge in [-0.1, -0.05) is 0 Å². The molecule has 0 amide bonds. The molecule has 0 spiro atoms. The number of pyridine rings is 1. The standard InChI is InChI=1S/C11H8BrN3O3/c1-6-4-8(11(17)18)10(16)15(14-6)9-3-2-7(12)5-13-9/h2-5H,1H3,(H,17,18). The number of hydrogen-bond acceptors (Lipinski definition) is 4. The predicted molar refractivity (Wildman–Crippen MR) is 67.0 cm³/mol. The van der Waals surface area contributed by atoms with Gasteiger partial charge in [-0.3, -0.25) is 4.79 Å². The summed E-state index contributed by atoms with van der Waals surface area (Å²) in [5.74, 6) is -1.01. The topological polar surface area (TPSA) is 85.1 Å². The fourth-order valence-electron chi connectivity index (χ4n) is 1.42. The van der Waals surface area contributed by atoms with Crippen LogP contribution < -0.4 is 5.56 Å². The van der Waals surface area contributed by atoms with Gasteiger partial charge in [0.15, 0.2) is 5.82 Å². The number of carboxylic acids is 1. The molecule has 2 aromatic heterocycles. The number of rotatable bonds is 2. The number of aromatic nitrogens is 3. The van der Waals surface area contributed by atoms with Crippen molar-refractivity contribution in [2.45, 2.75) is 6.92 Å². The van der Waals surface area contributed by atoms with Crippen molar-refractivity contribution in [1.29, 1.82) is 0 Å². The largest absolute Gasteiger partial charge is 0.477 e. The molecule has 0 aromatic carbocycles. The van der Waals surface area contributed by atoms with Gasteiger partial charge in [0.05, 0.1) is 5.69 Å². The van der Waals surface area contributed by atoms with E-state index in [1.807, 2.05) is 0 Å². The molecule has 2 heterocycles. The minimum absolute atomic E-state index is 0.273. The fourth-order valence-corrected chi connectivity index (χ4v) is 1.65. The molecule has 92 valence electrons. The number of halogens is 1. The van der Waals surface area contributed by atoms with E-state index in [4.69, 9.17) is 5.11 Å². The number of carbonyl (C=O) groups is 1. The Labute approximate surface area is 110 Å². The minimum Gasteiger partial charge on any atom is -0.477 e. The van der Waals surface area contributed by atoms with Crippen molar-refractivity contribution in [3.63, 3.8) is 0 Å². The van der Waals surface area contributed by atoms with Crippen LogP contribution >= 0.6 is 15.9 Å². The monoisotopic (exact) mass is 309 g/mol. The van der Waals surface area contributed by atoms with E-state index in [9.17, 15) is 9.59 Å². The van der Waals surface area contributed by atoms with E-state index in [0.29, 0.717) is 5.69 Å². The van der Waals surface area contributed by atoms with E-state index < -0.39 is 11.5 Å². The molecule has 0 saturated heterocycles. The zero-order chi connectivity index (χ0) is 13.3. The normalized spacial score (nSPS) is 10.3. The molecule has 0 saturated carbocycles. The highest BCUT2D eigenvalue weighted by Gasteiger charge is 2.14. The number of hydrogen-bond donors (Lipinski definition) is 1. The van der Waals surface area contributed by atoms with E-state index in [1.54, 1.807) is 19.1 Å². The third-order valence-electron chi connectivity index (χ3n) is 2.19. The average Bonchev–Trinajstić information content (AvgIpc) is 2.32. The molecule has 0 aliphatic carbocycles. The third kappa shape index (κ3) is 2.30. The van der Waals surface area contributed by atoms with E-state index >= 15 is 0 Å². The summed E-state index contributed by atoms with van der Waals surface area (Å²) in [4.78, 5) is 26.9. The van der Waals surface area contributed by atoms with Gasteiger partial charge in [-0.2, -0.15) is 9.78 Å². The minimum atomic E-state index is -1.28.